The standard InChI is InChI=1S/C14H6N4O12/c19-13(20)6-3-1-5(2-4-6)7-9(15(23)24)11(17(27)28)8(14(21)22)12(18(29)30)10(7)16(25)26/h1-4H,(H,19,20)(H,21,22). The van der Waals surface area contributed by atoms with Gasteiger partial charge in [0, 0.05) is 0 Å². The highest BCUT2D eigenvalue weighted by atomic mass is 16.7. The Kier molecular flexibility index (Phi) is 5.35. The Morgan fingerprint density at radius 3 is 1.27 bits per heavy atom. The molecule has 0 fully saturated rings. The number of aromatic carboxylic acids is 2. The Hall–Kier alpha value is -5.02. The Labute approximate surface area is 162 Å². The van der Waals surface area contributed by atoms with Crippen LogP contribution in [0.3, 0.4) is 0 Å². The number of hydrogen-bond donors (Lipinski definition) is 2. The van der Waals surface area contributed by atoms with Gasteiger partial charge in [-0.1, -0.05) is 12.1 Å². The Morgan fingerprint density at radius 1 is 0.633 bits per heavy atom. The van der Waals surface area contributed by atoms with Crippen LogP contribution >= 0.6 is 0 Å². The fourth-order valence-corrected chi connectivity index (χ4v) is 2.66. The fraction of sp³-hybridized carbons (Fsp3) is 0. The molecule has 0 heterocycles. The van der Waals surface area contributed by atoms with Crippen molar-refractivity contribution in [2.75, 3.05) is 0 Å². The first-order valence-corrected chi connectivity index (χ1v) is 7.28. The van der Waals surface area contributed by atoms with Gasteiger partial charge in [0.05, 0.1) is 25.3 Å². The van der Waals surface area contributed by atoms with Crippen LogP contribution in [0.1, 0.15) is 20.7 Å². The van der Waals surface area contributed by atoms with E-state index in [2.05, 4.69) is 0 Å². The minimum Gasteiger partial charge on any atom is -0.478 e. The summed E-state index contributed by atoms with van der Waals surface area (Å²) in [6.45, 7) is 0. The second-order valence-corrected chi connectivity index (χ2v) is 5.36. The summed E-state index contributed by atoms with van der Waals surface area (Å²) in [6.07, 6.45) is 0. The van der Waals surface area contributed by atoms with Gasteiger partial charge in [-0.25, -0.2) is 9.59 Å². The van der Waals surface area contributed by atoms with Gasteiger partial charge in [-0.15, -0.1) is 0 Å². The summed E-state index contributed by atoms with van der Waals surface area (Å²) in [5, 5.41) is 64.0. The molecule has 0 aromatic heterocycles. The predicted octanol–water partition coefficient (Wildman–Crippen LogP) is 2.38. The molecule has 0 saturated carbocycles. The zero-order chi connectivity index (χ0) is 22.9. The van der Waals surface area contributed by atoms with E-state index in [4.69, 9.17) is 5.11 Å². The molecule has 0 aliphatic rings. The molecule has 0 radical (unpaired) electrons. The van der Waals surface area contributed by atoms with Gasteiger partial charge < -0.3 is 10.2 Å². The summed E-state index contributed by atoms with van der Waals surface area (Å²) >= 11 is 0. The number of nitro groups is 4. The van der Waals surface area contributed by atoms with Crippen LogP contribution in [-0.2, 0) is 0 Å². The molecule has 0 aliphatic carbocycles. The van der Waals surface area contributed by atoms with Crippen molar-refractivity contribution in [2.45, 2.75) is 0 Å². The third-order valence-corrected chi connectivity index (χ3v) is 3.76. The topological polar surface area (TPSA) is 247 Å². The van der Waals surface area contributed by atoms with Crippen molar-refractivity contribution < 1.29 is 39.5 Å². The number of nitro benzene ring substituents is 4. The quantitative estimate of drug-likeness (QED) is 0.482. The van der Waals surface area contributed by atoms with Crippen LogP contribution in [0.25, 0.3) is 11.1 Å². The van der Waals surface area contributed by atoms with E-state index in [1.807, 2.05) is 0 Å². The Balaban J connectivity index is 3.24. The van der Waals surface area contributed by atoms with Crippen LogP contribution in [0.15, 0.2) is 24.3 Å². The zero-order valence-corrected chi connectivity index (χ0v) is 14.1. The largest absolute Gasteiger partial charge is 0.478 e. The summed E-state index contributed by atoms with van der Waals surface area (Å²) in [7, 11) is 0. The van der Waals surface area contributed by atoms with Gasteiger partial charge in [-0.2, -0.15) is 0 Å². The van der Waals surface area contributed by atoms with Crippen LogP contribution in [-0.4, -0.2) is 41.8 Å². The van der Waals surface area contributed by atoms with Gasteiger partial charge in [-0.05, 0) is 17.7 Å². The highest BCUT2D eigenvalue weighted by Crippen LogP contribution is 2.51. The summed E-state index contributed by atoms with van der Waals surface area (Å²) in [5.41, 5.74) is -11.0. The molecule has 0 amide bonds. The normalized spacial score (nSPS) is 10.3. The first-order chi connectivity index (χ1) is 13.9. The first kappa shape index (κ1) is 21.3. The molecule has 16 heteroatoms. The van der Waals surface area contributed by atoms with Gasteiger partial charge >= 0.3 is 34.7 Å². The lowest BCUT2D eigenvalue weighted by molar-refractivity contribution is -0.433. The third-order valence-electron chi connectivity index (χ3n) is 3.76. The molecular weight excluding hydrogens is 416 g/mol. The first-order valence-electron chi connectivity index (χ1n) is 7.28. The molecule has 0 atom stereocenters. The number of carboxylic acid groups (broad SMARTS) is 2. The molecule has 30 heavy (non-hydrogen) atoms. The SMILES string of the molecule is O=C(O)c1ccc(-c2c([N+](=O)[O-])c([N+](=O)[O-])c(C(=O)O)c([N+](=O)[O-])c2[N+](=O)[O-])cc1. The van der Waals surface area contributed by atoms with Crippen molar-refractivity contribution in [3.8, 4) is 11.1 Å². The maximum atomic E-state index is 11.5. The Bertz CT molecular complexity index is 1100. The monoisotopic (exact) mass is 422 g/mol. The average Bonchev–Trinajstić information content (AvgIpc) is 2.64. The maximum absolute atomic E-state index is 11.5. The third kappa shape index (κ3) is 3.42. The number of carbonyl (C=O) groups is 2. The van der Waals surface area contributed by atoms with Gasteiger partial charge in [0.25, 0.3) is 0 Å². The lowest BCUT2D eigenvalue weighted by atomic mass is 9.94. The van der Waals surface area contributed by atoms with E-state index in [0.29, 0.717) is 0 Å². The summed E-state index contributed by atoms with van der Waals surface area (Å²) in [6, 6.07) is 3.28. The van der Waals surface area contributed by atoms with Gasteiger partial charge in [0.15, 0.2) is 5.56 Å². The molecule has 154 valence electrons. The lowest BCUT2D eigenvalue weighted by Crippen LogP contribution is -2.13. The molecule has 0 spiro atoms. The molecule has 0 bridgehead atoms. The minimum absolute atomic E-state index is 0.366. The van der Waals surface area contributed by atoms with Crippen LogP contribution in [0.4, 0.5) is 22.7 Å². The Morgan fingerprint density at radius 2 is 1.00 bits per heavy atom. The molecule has 16 nitrogen and oxygen atoms in total. The average molecular weight is 422 g/mol. The molecule has 2 aromatic rings. The van der Waals surface area contributed by atoms with Crippen molar-refractivity contribution in [1.82, 2.24) is 0 Å². The molecule has 0 unspecified atom stereocenters. The smallest absolute Gasteiger partial charge is 0.368 e. The summed E-state index contributed by atoms with van der Waals surface area (Å²) in [5.74, 6) is -3.81. The number of carboxylic acids is 2. The van der Waals surface area contributed by atoms with Crippen molar-refractivity contribution in [1.29, 1.82) is 0 Å². The molecule has 2 N–H and O–H groups in total. The van der Waals surface area contributed by atoms with E-state index in [0.717, 1.165) is 24.3 Å². The van der Waals surface area contributed by atoms with Gasteiger partial charge in [0.2, 0.25) is 5.56 Å². The van der Waals surface area contributed by atoms with E-state index in [9.17, 15) is 55.2 Å². The molecule has 2 rings (SSSR count). The van der Waals surface area contributed by atoms with Crippen LogP contribution in [0, 0.1) is 40.5 Å². The summed E-state index contributed by atoms with van der Waals surface area (Å²) in [4.78, 5) is 62.2. The molecule has 0 aliphatic heterocycles. The van der Waals surface area contributed by atoms with E-state index in [1.165, 1.54) is 0 Å². The van der Waals surface area contributed by atoms with E-state index in [1.54, 1.807) is 0 Å². The number of hydrogen-bond acceptors (Lipinski definition) is 10. The zero-order valence-electron chi connectivity index (χ0n) is 14.1. The van der Waals surface area contributed by atoms with Gasteiger partial charge in [0.1, 0.15) is 0 Å². The fourth-order valence-electron chi connectivity index (χ4n) is 2.66. The number of rotatable bonds is 7. The van der Waals surface area contributed by atoms with Crippen LogP contribution < -0.4 is 0 Å². The summed E-state index contributed by atoms with van der Waals surface area (Å²) < 4.78 is 0. The highest BCUT2D eigenvalue weighted by molar-refractivity contribution is 6.06. The van der Waals surface area contributed by atoms with Crippen LogP contribution in [0.5, 0.6) is 0 Å². The minimum atomic E-state index is -2.37. The van der Waals surface area contributed by atoms with E-state index < -0.39 is 71.1 Å². The lowest BCUT2D eigenvalue weighted by Gasteiger charge is -2.09. The molecule has 0 saturated heterocycles. The van der Waals surface area contributed by atoms with E-state index in [-0.39, 0.29) is 5.56 Å². The van der Waals surface area contributed by atoms with Gasteiger partial charge in [-0.3, -0.25) is 40.5 Å². The second kappa shape index (κ2) is 7.54. The number of benzene rings is 2. The van der Waals surface area contributed by atoms with Crippen molar-refractivity contribution in [2.24, 2.45) is 0 Å². The molecular formula is C14H6N4O12. The predicted molar refractivity (Wildman–Crippen MR) is 92.4 cm³/mol. The number of nitrogens with zero attached hydrogens (tertiary/aromatic N) is 4. The van der Waals surface area contributed by atoms with E-state index >= 15 is 0 Å². The van der Waals surface area contributed by atoms with Crippen molar-refractivity contribution >= 4 is 34.7 Å². The highest BCUT2D eigenvalue weighted by Gasteiger charge is 2.50. The molecule has 2 aromatic carbocycles. The van der Waals surface area contributed by atoms with Crippen LogP contribution in [0.2, 0.25) is 0 Å². The maximum Gasteiger partial charge on any atom is 0.368 e. The second-order valence-electron chi connectivity index (χ2n) is 5.36. The van der Waals surface area contributed by atoms with Crippen molar-refractivity contribution in [3.05, 3.63) is 75.8 Å². The van der Waals surface area contributed by atoms with Crippen molar-refractivity contribution in [3.63, 3.8) is 0 Å².